The molecule has 3 heteroatoms. The normalized spacial score (nSPS) is 9.00. The molecule has 0 aliphatic heterocycles. The van der Waals surface area contributed by atoms with Crippen molar-refractivity contribution in [1.29, 1.82) is 0 Å². The first kappa shape index (κ1) is 4.15. The minimum absolute atomic E-state index is 2.69. The zero-order valence-corrected chi connectivity index (χ0v) is 2.47. The van der Waals surface area contributed by atoms with Crippen molar-refractivity contribution in [3.8, 4) is 0 Å². The van der Waals surface area contributed by atoms with Gasteiger partial charge in [0.05, 0.1) is 0 Å². The van der Waals surface area contributed by atoms with E-state index in [4.69, 9.17) is 0 Å². The van der Waals surface area contributed by atoms with Crippen LogP contribution in [0.1, 0.15) is 0 Å². The molecule has 0 amide bonds. The van der Waals surface area contributed by atoms with E-state index in [1.54, 1.807) is 0 Å². The average molecular weight is 88.0 g/mol. The SMILES string of the molecule is FC(F)[37Cl]. The van der Waals surface area contributed by atoms with Gasteiger partial charge < -0.3 is 0 Å². The van der Waals surface area contributed by atoms with Crippen molar-refractivity contribution in [2.45, 2.75) is 5.88 Å². The predicted molar refractivity (Wildman–Crippen MR) is 11.9 cm³/mol. The third-order valence-corrected chi connectivity index (χ3v) is 0. The van der Waals surface area contributed by atoms with Gasteiger partial charge in [0.25, 0.3) is 0 Å². The lowest BCUT2D eigenvalue weighted by Crippen LogP contribution is -1.62. The lowest BCUT2D eigenvalue weighted by molar-refractivity contribution is 0.243. The summed E-state index contributed by atoms with van der Waals surface area (Å²) in [6.45, 7) is 0. The largest absolute Gasteiger partial charge is 0.312 e. The van der Waals surface area contributed by atoms with Crippen LogP contribution in [0.4, 0.5) is 8.78 Å². The monoisotopic (exact) mass is 88.0 g/mol. The van der Waals surface area contributed by atoms with Gasteiger partial charge in [-0.05, 0) is 0 Å². The second kappa shape index (κ2) is 1.47. The van der Waals surface area contributed by atoms with Gasteiger partial charge >= 0.3 is 5.88 Å². The maximum Gasteiger partial charge on any atom is 0.312 e. The van der Waals surface area contributed by atoms with Gasteiger partial charge in [0.1, 0.15) is 0 Å². The van der Waals surface area contributed by atoms with E-state index in [0.29, 0.717) is 0 Å². The Labute approximate surface area is 27.4 Å². The van der Waals surface area contributed by atoms with Crippen LogP contribution in [0, 0.1) is 0 Å². The quantitative estimate of drug-likeness (QED) is 0.393. The molecule has 0 fully saturated rings. The average Bonchev–Trinajstić information content (AvgIpc) is 0.811. The molecule has 26 valence electrons. The van der Waals surface area contributed by atoms with Crippen molar-refractivity contribution in [3.63, 3.8) is 0 Å². The smallest absolute Gasteiger partial charge is 0.192 e. The molecule has 0 aromatic rings. The molecule has 0 spiro atoms. The van der Waals surface area contributed by atoms with Crippen molar-refractivity contribution in [1.82, 2.24) is 0 Å². The fraction of sp³-hybridized carbons (Fsp3) is 1.00. The van der Waals surface area contributed by atoms with E-state index in [1.165, 1.54) is 0 Å². The van der Waals surface area contributed by atoms with E-state index in [9.17, 15) is 8.78 Å². The third-order valence-electron chi connectivity index (χ3n) is 0. The summed E-state index contributed by atoms with van der Waals surface area (Å²) in [6, 6.07) is 0. The van der Waals surface area contributed by atoms with Crippen LogP contribution in [0.3, 0.4) is 0 Å². The van der Waals surface area contributed by atoms with Gasteiger partial charge in [0, 0.05) is 0 Å². The minimum Gasteiger partial charge on any atom is -0.192 e. The van der Waals surface area contributed by atoms with E-state index < -0.39 is 5.88 Å². The minimum atomic E-state index is -2.69. The highest BCUT2D eigenvalue weighted by atomic mass is 37.0. The number of hydrogen-bond donors (Lipinski definition) is 0. The van der Waals surface area contributed by atoms with E-state index in [0.717, 1.165) is 0 Å². The molecular formula is CHClF2. The van der Waals surface area contributed by atoms with Gasteiger partial charge in [-0.3, -0.25) is 0 Å². The second-order valence-corrected chi connectivity index (χ2v) is 0.577. The molecule has 0 bridgehead atoms. The summed E-state index contributed by atoms with van der Waals surface area (Å²) in [5.41, 5.74) is 0. The Balaban J connectivity index is 2.32. The molecule has 0 atom stereocenters. The molecular weight excluding hydrogens is 87.0 g/mol. The maximum atomic E-state index is 10.1. The van der Waals surface area contributed by atoms with Crippen LogP contribution in [0.2, 0.25) is 0 Å². The van der Waals surface area contributed by atoms with Crippen molar-refractivity contribution in [2.24, 2.45) is 0 Å². The Hall–Kier alpha value is 0.150. The molecule has 0 N–H and O–H groups in total. The fourth-order valence-electron chi connectivity index (χ4n) is 0. The van der Waals surface area contributed by atoms with Crippen molar-refractivity contribution < 1.29 is 8.78 Å². The number of hydrogen-bond acceptors (Lipinski definition) is 0. The van der Waals surface area contributed by atoms with Gasteiger partial charge in [0.15, 0.2) is 0 Å². The zero-order chi connectivity index (χ0) is 3.58. The van der Waals surface area contributed by atoms with E-state index in [1.807, 2.05) is 0 Å². The Kier molecular flexibility index (Phi) is 1.52. The topological polar surface area (TPSA) is 0 Å². The summed E-state index contributed by atoms with van der Waals surface area (Å²) in [6.07, 6.45) is 0. The highest BCUT2D eigenvalue weighted by Crippen LogP contribution is 1.93. The van der Waals surface area contributed by atoms with Crippen molar-refractivity contribution in [2.75, 3.05) is 0 Å². The van der Waals surface area contributed by atoms with Gasteiger partial charge in [-0.15, -0.1) is 0 Å². The maximum absolute atomic E-state index is 10.1. The molecule has 0 aromatic carbocycles. The highest BCUT2D eigenvalue weighted by molar-refractivity contribution is 6.18. The number of alkyl halides is 3. The molecule has 0 radical (unpaired) electrons. The third kappa shape index (κ3) is 126. The first-order valence-electron chi connectivity index (χ1n) is 0.655. The zero-order valence-electron chi connectivity index (χ0n) is 1.71. The van der Waals surface area contributed by atoms with Crippen LogP contribution in [0.5, 0.6) is 0 Å². The standard InChI is InChI=1S/CHClF2/c2-1(3)4/h1H/i2+2. The Morgan fingerprint density at radius 3 is 1.50 bits per heavy atom. The van der Waals surface area contributed by atoms with E-state index >= 15 is 0 Å². The van der Waals surface area contributed by atoms with E-state index in [-0.39, 0.29) is 0 Å². The molecule has 0 aromatic heterocycles. The molecule has 0 nitrogen and oxygen atoms in total. The fourth-order valence-corrected chi connectivity index (χ4v) is 0. The number of halogens is 3. The van der Waals surface area contributed by atoms with Crippen molar-refractivity contribution >= 4 is 11.6 Å². The van der Waals surface area contributed by atoms with Gasteiger partial charge in [-0.1, -0.05) is 11.6 Å². The molecule has 0 saturated carbocycles. The molecule has 0 aliphatic carbocycles. The van der Waals surface area contributed by atoms with Crippen LogP contribution < -0.4 is 0 Å². The van der Waals surface area contributed by atoms with Crippen LogP contribution in [0.25, 0.3) is 0 Å². The molecule has 4 heavy (non-hydrogen) atoms. The first-order chi connectivity index (χ1) is 1.73. The first-order valence-corrected chi connectivity index (χ1v) is 1.09. The predicted octanol–water partition coefficient (Wildman–Crippen LogP) is 1.45. The molecule has 0 aliphatic rings. The summed E-state index contributed by atoms with van der Waals surface area (Å²) < 4.78 is 20.2. The summed E-state index contributed by atoms with van der Waals surface area (Å²) in [4.78, 5) is 0. The van der Waals surface area contributed by atoms with Gasteiger partial charge in [-0.25, -0.2) is 0 Å². The van der Waals surface area contributed by atoms with Crippen LogP contribution in [0.15, 0.2) is 0 Å². The van der Waals surface area contributed by atoms with Crippen LogP contribution in [-0.2, 0) is 0 Å². The van der Waals surface area contributed by atoms with Crippen LogP contribution >= 0.6 is 11.6 Å². The van der Waals surface area contributed by atoms with Gasteiger partial charge in [0.2, 0.25) is 0 Å². The van der Waals surface area contributed by atoms with Crippen molar-refractivity contribution in [3.05, 3.63) is 0 Å². The van der Waals surface area contributed by atoms with E-state index in [2.05, 4.69) is 11.6 Å². The summed E-state index contributed by atoms with van der Waals surface area (Å²) >= 11 is 3.94. The second-order valence-electron chi connectivity index (χ2n) is 0.247. The summed E-state index contributed by atoms with van der Waals surface area (Å²) in [5.74, 6) is -2.69. The lowest BCUT2D eigenvalue weighted by atomic mass is 11.7. The Bertz CT molecular complexity index is 10.8. The molecule has 0 unspecified atom stereocenters. The molecule has 0 saturated heterocycles. The lowest BCUT2D eigenvalue weighted by Gasteiger charge is -1.66. The molecule has 0 rings (SSSR count). The number of rotatable bonds is 0. The highest BCUT2D eigenvalue weighted by Gasteiger charge is 1.83. The Morgan fingerprint density at radius 1 is 1.50 bits per heavy atom. The Morgan fingerprint density at radius 2 is 1.50 bits per heavy atom. The van der Waals surface area contributed by atoms with Crippen LogP contribution in [-0.4, -0.2) is 5.88 Å². The summed E-state index contributed by atoms with van der Waals surface area (Å²) in [5, 5.41) is 0. The molecule has 0 heterocycles. The summed E-state index contributed by atoms with van der Waals surface area (Å²) in [7, 11) is 0. The van der Waals surface area contributed by atoms with Gasteiger partial charge in [-0.2, -0.15) is 8.78 Å².